The molecule has 0 bridgehead atoms. The lowest BCUT2D eigenvalue weighted by Gasteiger charge is -2.09. The third kappa shape index (κ3) is 5.32. The van der Waals surface area contributed by atoms with Crippen LogP contribution in [0, 0.1) is 6.92 Å². The van der Waals surface area contributed by atoms with Crippen molar-refractivity contribution in [3.05, 3.63) is 100 Å². The van der Waals surface area contributed by atoms with Crippen molar-refractivity contribution in [1.29, 1.82) is 0 Å². The Morgan fingerprint density at radius 1 is 0.935 bits per heavy atom. The van der Waals surface area contributed by atoms with E-state index < -0.39 is 5.97 Å². The smallest absolute Gasteiger partial charge is 0.363 e. The van der Waals surface area contributed by atoms with Gasteiger partial charge in [-0.25, -0.2) is 9.79 Å². The summed E-state index contributed by atoms with van der Waals surface area (Å²) in [6.07, 6.45) is 1.69. The molecule has 0 aliphatic carbocycles. The number of ether oxygens (including phenoxy) is 3. The third-order valence-electron chi connectivity index (χ3n) is 4.57. The second-order valence-electron chi connectivity index (χ2n) is 6.88. The van der Waals surface area contributed by atoms with Gasteiger partial charge in [0.1, 0.15) is 24.7 Å². The molecule has 0 atom stereocenters. The molecule has 0 saturated heterocycles. The number of esters is 1. The maximum absolute atomic E-state index is 12.1. The van der Waals surface area contributed by atoms with E-state index >= 15 is 0 Å². The number of halogens is 1. The van der Waals surface area contributed by atoms with Crippen LogP contribution in [-0.4, -0.2) is 25.1 Å². The van der Waals surface area contributed by atoms with Gasteiger partial charge in [-0.15, -0.1) is 0 Å². The number of hydrogen-bond acceptors (Lipinski definition) is 5. The molecule has 5 nitrogen and oxygen atoms in total. The van der Waals surface area contributed by atoms with Crippen LogP contribution in [0.3, 0.4) is 0 Å². The van der Waals surface area contributed by atoms with Crippen molar-refractivity contribution < 1.29 is 19.0 Å². The van der Waals surface area contributed by atoms with E-state index in [1.54, 1.807) is 6.08 Å². The molecule has 156 valence electrons. The molecule has 31 heavy (non-hydrogen) atoms. The largest absolute Gasteiger partial charge is 0.490 e. The number of nitrogens with zero attached hydrogens (tertiary/aromatic N) is 1. The molecule has 0 saturated carbocycles. The molecule has 0 radical (unpaired) electrons. The van der Waals surface area contributed by atoms with Gasteiger partial charge in [-0.3, -0.25) is 0 Å². The van der Waals surface area contributed by atoms with E-state index in [4.69, 9.17) is 25.8 Å². The topological polar surface area (TPSA) is 57.1 Å². The van der Waals surface area contributed by atoms with Crippen LogP contribution in [-0.2, 0) is 9.53 Å². The summed E-state index contributed by atoms with van der Waals surface area (Å²) < 4.78 is 16.7. The first-order chi connectivity index (χ1) is 15.1. The minimum atomic E-state index is -0.464. The summed E-state index contributed by atoms with van der Waals surface area (Å²) in [6, 6.07) is 22.2. The monoisotopic (exact) mass is 433 g/mol. The number of carbonyl (C=O) groups is 1. The fourth-order valence-electron chi connectivity index (χ4n) is 2.96. The molecule has 1 aliphatic rings. The minimum Gasteiger partial charge on any atom is -0.490 e. The first kappa shape index (κ1) is 20.7. The van der Waals surface area contributed by atoms with Gasteiger partial charge in [0.2, 0.25) is 5.90 Å². The quantitative estimate of drug-likeness (QED) is 0.282. The van der Waals surface area contributed by atoms with Gasteiger partial charge in [0.15, 0.2) is 5.70 Å². The second-order valence-corrected chi connectivity index (χ2v) is 7.29. The van der Waals surface area contributed by atoms with E-state index in [9.17, 15) is 4.79 Å². The molecule has 1 aliphatic heterocycles. The first-order valence-corrected chi connectivity index (χ1v) is 10.2. The zero-order valence-electron chi connectivity index (χ0n) is 16.9. The van der Waals surface area contributed by atoms with Crippen LogP contribution in [0.2, 0.25) is 5.02 Å². The van der Waals surface area contributed by atoms with Gasteiger partial charge >= 0.3 is 5.97 Å². The molecule has 0 unspecified atom stereocenters. The van der Waals surface area contributed by atoms with Gasteiger partial charge in [-0.05, 0) is 66.6 Å². The highest BCUT2D eigenvalue weighted by Gasteiger charge is 2.23. The van der Waals surface area contributed by atoms with Gasteiger partial charge in [0, 0.05) is 10.6 Å². The number of aryl methyl sites for hydroxylation is 1. The van der Waals surface area contributed by atoms with Gasteiger partial charge in [-0.1, -0.05) is 41.9 Å². The Morgan fingerprint density at radius 3 is 2.32 bits per heavy atom. The van der Waals surface area contributed by atoms with Crippen LogP contribution in [0.15, 0.2) is 83.5 Å². The Kier molecular flexibility index (Phi) is 6.34. The molecule has 0 amide bonds. The SMILES string of the molecule is Cc1cc(OCCOc2ccc(/C=C3/N=C(c4ccccc4)OC3=O)cc2)ccc1Cl. The molecule has 0 fully saturated rings. The summed E-state index contributed by atoms with van der Waals surface area (Å²) in [7, 11) is 0. The van der Waals surface area contributed by atoms with Crippen molar-refractivity contribution in [3.8, 4) is 11.5 Å². The predicted octanol–water partition coefficient (Wildman–Crippen LogP) is 5.45. The van der Waals surface area contributed by atoms with Crippen LogP contribution >= 0.6 is 11.6 Å². The predicted molar refractivity (Wildman–Crippen MR) is 121 cm³/mol. The van der Waals surface area contributed by atoms with Crippen molar-refractivity contribution >= 4 is 29.5 Å². The first-order valence-electron chi connectivity index (χ1n) is 9.78. The highest BCUT2D eigenvalue weighted by atomic mass is 35.5. The van der Waals surface area contributed by atoms with Gasteiger partial charge in [-0.2, -0.15) is 0 Å². The van der Waals surface area contributed by atoms with Crippen molar-refractivity contribution in [2.75, 3.05) is 13.2 Å². The van der Waals surface area contributed by atoms with Crippen molar-refractivity contribution in [3.63, 3.8) is 0 Å². The molecule has 0 spiro atoms. The molecule has 3 aromatic carbocycles. The Bertz CT molecular complexity index is 1140. The standard InChI is InChI=1S/C25H20ClNO4/c1-17-15-21(11-12-22(17)26)30-14-13-29-20-9-7-18(8-10-20)16-23-25(28)31-24(27-23)19-5-3-2-4-6-19/h2-12,15-16H,13-14H2,1H3/b23-16+. The normalized spacial score (nSPS) is 14.3. The van der Waals surface area contributed by atoms with E-state index in [2.05, 4.69) is 4.99 Å². The number of aliphatic imine (C=N–C) groups is 1. The average molecular weight is 434 g/mol. The molecule has 0 N–H and O–H groups in total. The Balaban J connectivity index is 1.32. The van der Waals surface area contributed by atoms with Crippen molar-refractivity contribution in [2.24, 2.45) is 4.99 Å². The van der Waals surface area contributed by atoms with Crippen LogP contribution in [0.1, 0.15) is 16.7 Å². The Hall–Kier alpha value is -3.57. The summed E-state index contributed by atoms with van der Waals surface area (Å²) in [5, 5.41) is 0.714. The molecular formula is C25H20ClNO4. The number of hydrogen-bond donors (Lipinski definition) is 0. The van der Waals surface area contributed by atoms with Gasteiger partial charge < -0.3 is 14.2 Å². The van der Waals surface area contributed by atoms with Crippen LogP contribution in [0.4, 0.5) is 0 Å². The lowest BCUT2D eigenvalue weighted by Crippen LogP contribution is -2.09. The highest BCUT2D eigenvalue weighted by molar-refractivity contribution is 6.31. The number of carbonyl (C=O) groups excluding carboxylic acids is 1. The third-order valence-corrected chi connectivity index (χ3v) is 5.00. The molecular weight excluding hydrogens is 414 g/mol. The average Bonchev–Trinajstić information content (AvgIpc) is 3.15. The summed E-state index contributed by atoms with van der Waals surface area (Å²) in [6.45, 7) is 2.75. The van der Waals surface area contributed by atoms with Crippen LogP contribution < -0.4 is 9.47 Å². The molecule has 0 aromatic heterocycles. The lowest BCUT2D eigenvalue weighted by molar-refractivity contribution is -0.129. The van der Waals surface area contributed by atoms with Crippen molar-refractivity contribution in [2.45, 2.75) is 6.92 Å². The van der Waals surface area contributed by atoms with E-state index in [0.717, 1.165) is 22.4 Å². The maximum atomic E-state index is 12.1. The summed E-state index contributed by atoms with van der Waals surface area (Å²) >= 11 is 6.01. The van der Waals surface area contributed by atoms with Gasteiger partial charge in [0.25, 0.3) is 0 Å². The Morgan fingerprint density at radius 2 is 1.61 bits per heavy atom. The molecule has 6 heteroatoms. The number of benzene rings is 3. The highest BCUT2D eigenvalue weighted by Crippen LogP contribution is 2.22. The number of cyclic esters (lactones) is 1. The lowest BCUT2D eigenvalue weighted by atomic mass is 10.2. The van der Waals surface area contributed by atoms with E-state index in [1.807, 2.05) is 79.7 Å². The van der Waals surface area contributed by atoms with E-state index in [0.29, 0.717) is 29.9 Å². The fourth-order valence-corrected chi connectivity index (χ4v) is 3.08. The second kappa shape index (κ2) is 9.49. The zero-order valence-corrected chi connectivity index (χ0v) is 17.6. The molecule has 4 rings (SSSR count). The minimum absolute atomic E-state index is 0.263. The number of rotatable bonds is 7. The van der Waals surface area contributed by atoms with Gasteiger partial charge in [0.05, 0.1) is 0 Å². The Labute approximate surface area is 185 Å². The molecule has 3 aromatic rings. The van der Waals surface area contributed by atoms with E-state index in [-0.39, 0.29) is 5.70 Å². The van der Waals surface area contributed by atoms with Crippen LogP contribution in [0.5, 0.6) is 11.5 Å². The summed E-state index contributed by atoms with van der Waals surface area (Å²) in [5.74, 6) is 1.31. The maximum Gasteiger partial charge on any atom is 0.363 e. The summed E-state index contributed by atoms with van der Waals surface area (Å²) in [4.78, 5) is 16.4. The molecule has 1 heterocycles. The fraction of sp³-hybridized carbons (Fsp3) is 0.120. The van der Waals surface area contributed by atoms with Crippen LogP contribution in [0.25, 0.3) is 6.08 Å². The van der Waals surface area contributed by atoms with E-state index in [1.165, 1.54) is 0 Å². The van der Waals surface area contributed by atoms with Crippen molar-refractivity contribution in [1.82, 2.24) is 0 Å². The summed E-state index contributed by atoms with van der Waals surface area (Å²) in [5.41, 5.74) is 2.82. The zero-order chi connectivity index (χ0) is 21.6.